The fourth-order valence-corrected chi connectivity index (χ4v) is 3.25. The first-order valence-corrected chi connectivity index (χ1v) is 8.52. The number of rotatable bonds is 6. The van der Waals surface area contributed by atoms with Gasteiger partial charge in [-0.25, -0.2) is 0 Å². The first-order valence-electron chi connectivity index (χ1n) is 8.52. The van der Waals surface area contributed by atoms with Crippen LogP contribution in [0.4, 0.5) is 0 Å². The number of amides is 2. The number of imide groups is 1. The summed E-state index contributed by atoms with van der Waals surface area (Å²) in [5.74, 6) is 0.321. The third-order valence-electron chi connectivity index (χ3n) is 4.52. The van der Waals surface area contributed by atoms with E-state index in [1.54, 1.807) is 30.5 Å². The Hall–Kier alpha value is -3.18. The second-order valence-corrected chi connectivity index (χ2v) is 6.12. The van der Waals surface area contributed by atoms with Crippen LogP contribution in [-0.4, -0.2) is 29.8 Å². The fourth-order valence-electron chi connectivity index (χ4n) is 3.25. The van der Waals surface area contributed by atoms with Gasteiger partial charge >= 0.3 is 0 Å². The highest BCUT2D eigenvalue weighted by molar-refractivity contribution is 6.21. The maximum Gasteiger partial charge on any atom is 0.261 e. The minimum Gasteiger partial charge on any atom is -0.467 e. The summed E-state index contributed by atoms with van der Waals surface area (Å²) in [6.07, 6.45) is 1.64. The quantitative estimate of drug-likeness (QED) is 0.696. The van der Waals surface area contributed by atoms with Gasteiger partial charge in [-0.1, -0.05) is 42.5 Å². The Kier molecular flexibility index (Phi) is 4.37. The largest absolute Gasteiger partial charge is 0.467 e. The average molecular weight is 346 g/mol. The maximum atomic E-state index is 12.4. The van der Waals surface area contributed by atoms with Crippen LogP contribution in [0.3, 0.4) is 0 Å². The molecular weight excluding hydrogens is 328 g/mol. The van der Waals surface area contributed by atoms with Crippen molar-refractivity contribution in [3.8, 4) is 0 Å². The molecule has 0 aliphatic carbocycles. The molecule has 1 aromatic heterocycles. The van der Waals surface area contributed by atoms with Gasteiger partial charge in [-0.05, 0) is 29.8 Å². The van der Waals surface area contributed by atoms with Gasteiger partial charge in [0.25, 0.3) is 11.8 Å². The van der Waals surface area contributed by atoms with Crippen LogP contribution in [0.25, 0.3) is 0 Å². The summed E-state index contributed by atoms with van der Waals surface area (Å²) in [7, 11) is 0. The van der Waals surface area contributed by atoms with Crippen LogP contribution in [0, 0.1) is 0 Å². The van der Waals surface area contributed by atoms with E-state index in [0.29, 0.717) is 24.2 Å². The highest BCUT2D eigenvalue weighted by Crippen LogP contribution is 2.24. The number of hydrogen-bond acceptors (Lipinski definition) is 4. The molecule has 0 saturated carbocycles. The van der Waals surface area contributed by atoms with Crippen LogP contribution in [-0.2, 0) is 0 Å². The Balaban J connectivity index is 1.46. The normalized spacial score (nSPS) is 14.5. The van der Waals surface area contributed by atoms with Gasteiger partial charge in [0.15, 0.2) is 0 Å². The van der Waals surface area contributed by atoms with Gasteiger partial charge in [-0.15, -0.1) is 0 Å². The molecule has 0 saturated heterocycles. The van der Waals surface area contributed by atoms with Crippen LogP contribution in [0.5, 0.6) is 0 Å². The maximum absolute atomic E-state index is 12.4. The van der Waals surface area contributed by atoms with Crippen molar-refractivity contribution < 1.29 is 14.0 Å². The molecule has 0 unspecified atom stereocenters. The molecule has 2 amide bonds. The van der Waals surface area contributed by atoms with Crippen molar-refractivity contribution in [2.24, 2.45) is 0 Å². The second-order valence-electron chi connectivity index (χ2n) is 6.12. The minimum absolute atomic E-state index is 0.138. The summed E-state index contributed by atoms with van der Waals surface area (Å²) in [5.41, 5.74) is 2.01. The topological polar surface area (TPSA) is 62.6 Å². The van der Waals surface area contributed by atoms with Gasteiger partial charge < -0.3 is 9.73 Å². The van der Waals surface area contributed by atoms with Crippen molar-refractivity contribution in [3.63, 3.8) is 0 Å². The van der Waals surface area contributed by atoms with Crippen LogP contribution < -0.4 is 5.32 Å². The molecule has 130 valence electrons. The van der Waals surface area contributed by atoms with E-state index in [1.807, 2.05) is 42.5 Å². The summed E-state index contributed by atoms with van der Waals surface area (Å²) in [5, 5.41) is 3.39. The van der Waals surface area contributed by atoms with E-state index < -0.39 is 0 Å². The first kappa shape index (κ1) is 16.3. The number of fused-ring (bicyclic) bond motifs is 1. The van der Waals surface area contributed by atoms with Gasteiger partial charge in [0.1, 0.15) is 5.76 Å². The summed E-state index contributed by atoms with van der Waals surface area (Å²) < 4.78 is 5.56. The lowest BCUT2D eigenvalue weighted by molar-refractivity contribution is 0.0655. The van der Waals surface area contributed by atoms with E-state index >= 15 is 0 Å². The highest BCUT2D eigenvalue weighted by atomic mass is 16.3. The predicted octanol–water partition coefficient (Wildman–Crippen LogP) is 3.25. The van der Waals surface area contributed by atoms with E-state index in [2.05, 4.69) is 5.32 Å². The third-order valence-corrected chi connectivity index (χ3v) is 4.52. The van der Waals surface area contributed by atoms with Crippen molar-refractivity contribution in [1.82, 2.24) is 10.2 Å². The van der Waals surface area contributed by atoms with Gasteiger partial charge in [-0.2, -0.15) is 0 Å². The number of carbonyl (C=O) groups is 2. The molecule has 0 radical (unpaired) electrons. The van der Waals surface area contributed by atoms with Gasteiger partial charge in [0.05, 0.1) is 23.4 Å². The summed E-state index contributed by atoms with van der Waals surface area (Å²) in [6, 6.07) is 20.5. The van der Waals surface area contributed by atoms with Crippen molar-refractivity contribution >= 4 is 11.8 Å². The Labute approximate surface area is 151 Å². The van der Waals surface area contributed by atoms with E-state index in [1.165, 1.54) is 4.90 Å². The predicted molar refractivity (Wildman–Crippen MR) is 96.8 cm³/mol. The number of hydrogen-bond donors (Lipinski definition) is 1. The second kappa shape index (κ2) is 6.98. The zero-order valence-corrected chi connectivity index (χ0v) is 14.1. The zero-order chi connectivity index (χ0) is 17.9. The van der Waals surface area contributed by atoms with Crippen molar-refractivity contribution in [3.05, 3.63) is 95.4 Å². The van der Waals surface area contributed by atoms with Crippen molar-refractivity contribution in [2.75, 3.05) is 13.1 Å². The Morgan fingerprint density at radius 2 is 1.50 bits per heavy atom. The monoisotopic (exact) mass is 346 g/mol. The summed E-state index contributed by atoms with van der Waals surface area (Å²) in [4.78, 5) is 26.2. The molecule has 0 fully saturated rings. The number of nitrogens with zero attached hydrogens (tertiary/aromatic N) is 1. The molecule has 1 atom stereocenters. The van der Waals surface area contributed by atoms with E-state index in [-0.39, 0.29) is 17.9 Å². The van der Waals surface area contributed by atoms with Crippen LogP contribution in [0.1, 0.15) is 38.1 Å². The molecule has 2 heterocycles. The number of benzene rings is 2. The zero-order valence-electron chi connectivity index (χ0n) is 14.1. The molecular formula is C21H18N2O3. The Morgan fingerprint density at radius 1 is 0.846 bits per heavy atom. The minimum atomic E-state index is -0.235. The van der Waals surface area contributed by atoms with Gasteiger partial charge in [0, 0.05) is 13.1 Å². The van der Waals surface area contributed by atoms with Crippen LogP contribution in [0.2, 0.25) is 0 Å². The van der Waals surface area contributed by atoms with Gasteiger partial charge in [0.2, 0.25) is 0 Å². The van der Waals surface area contributed by atoms with E-state index in [4.69, 9.17) is 4.42 Å². The number of nitrogens with one attached hydrogen (secondary N) is 1. The molecule has 0 spiro atoms. The lowest BCUT2D eigenvalue weighted by Crippen LogP contribution is -2.37. The molecule has 26 heavy (non-hydrogen) atoms. The molecule has 3 aromatic rings. The lowest BCUT2D eigenvalue weighted by atomic mass is 10.0. The van der Waals surface area contributed by atoms with Crippen molar-refractivity contribution in [2.45, 2.75) is 6.04 Å². The summed E-state index contributed by atoms with van der Waals surface area (Å²) in [6.45, 7) is 0.766. The van der Waals surface area contributed by atoms with E-state index in [9.17, 15) is 9.59 Å². The Bertz CT molecular complexity index is 884. The number of carbonyl (C=O) groups excluding carboxylic acids is 2. The smallest absolute Gasteiger partial charge is 0.261 e. The highest BCUT2D eigenvalue weighted by Gasteiger charge is 2.34. The molecule has 2 aromatic carbocycles. The fraction of sp³-hybridized carbons (Fsp3) is 0.143. The third kappa shape index (κ3) is 2.93. The molecule has 5 nitrogen and oxygen atoms in total. The van der Waals surface area contributed by atoms with Crippen LogP contribution >= 0.6 is 0 Å². The molecule has 1 aliphatic rings. The SMILES string of the molecule is O=C1c2ccccc2C(=O)N1CCN[C@@H](c1ccccc1)c1ccco1. The first-order chi connectivity index (χ1) is 12.8. The van der Waals surface area contributed by atoms with Gasteiger partial charge in [-0.3, -0.25) is 14.5 Å². The van der Waals surface area contributed by atoms with E-state index in [0.717, 1.165) is 11.3 Å². The van der Waals surface area contributed by atoms with Crippen molar-refractivity contribution in [1.29, 1.82) is 0 Å². The molecule has 0 bridgehead atoms. The molecule has 4 rings (SSSR count). The molecule has 5 heteroatoms. The number of furan rings is 1. The lowest BCUT2D eigenvalue weighted by Gasteiger charge is -2.20. The molecule has 1 N–H and O–H groups in total. The average Bonchev–Trinajstić information content (AvgIpc) is 3.29. The van der Waals surface area contributed by atoms with Crippen LogP contribution in [0.15, 0.2) is 77.4 Å². The Morgan fingerprint density at radius 3 is 2.12 bits per heavy atom. The molecule has 1 aliphatic heterocycles. The summed E-state index contributed by atoms with van der Waals surface area (Å²) >= 11 is 0. The standard InChI is InChI=1S/C21H18N2O3/c24-20-16-9-4-5-10-17(16)21(25)23(20)13-12-22-19(18-11-6-14-26-18)15-7-2-1-3-8-15/h1-11,14,19,22H,12-13H2/t19-/m0/s1.